The van der Waals surface area contributed by atoms with Crippen molar-refractivity contribution in [3.63, 3.8) is 0 Å². The predicted octanol–water partition coefficient (Wildman–Crippen LogP) is 3.67. The second-order valence-electron chi connectivity index (χ2n) is 6.05. The van der Waals surface area contributed by atoms with Crippen LogP contribution in [-0.4, -0.2) is 44.7 Å². The van der Waals surface area contributed by atoms with Crippen molar-refractivity contribution in [2.75, 3.05) is 27.9 Å². The topological polar surface area (TPSA) is 84.0 Å². The van der Waals surface area contributed by atoms with Gasteiger partial charge in [0.25, 0.3) is 0 Å². The lowest BCUT2D eigenvalue weighted by molar-refractivity contribution is 0.0528. The Labute approximate surface area is 168 Å². The quantitative estimate of drug-likeness (QED) is 0.446. The van der Waals surface area contributed by atoms with Crippen molar-refractivity contribution < 1.29 is 28.5 Å². The number of fused-ring (bicyclic) bond motifs is 1. The molecule has 0 aliphatic heterocycles. The zero-order valence-electron chi connectivity index (χ0n) is 16.6. The van der Waals surface area contributed by atoms with Gasteiger partial charge in [-0.25, -0.2) is 4.79 Å². The SMILES string of the molecule is CCOC(=O)c1cnc(C(=O)c2cccc(OC)c2)c2cc(OC)c(OC)cc12. The van der Waals surface area contributed by atoms with E-state index in [0.717, 1.165) is 0 Å². The third kappa shape index (κ3) is 3.85. The standard InChI is InChI=1S/C22H21NO6/c1-5-29-22(25)17-12-23-20(21(24)13-7-6-8-14(9-13)26-2)16-11-19(28-4)18(27-3)10-15(16)17/h6-12H,5H2,1-4H3. The molecular formula is C22H21NO6. The minimum absolute atomic E-state index is 0.183. The molecule has 0 bridgehead atoms. The summed E-state index contributed by atoms with van der Waals surface area (Å²) in [5.41, 5.74) is 0.837. The van der Waals surface area contributed by atoms with Gasteiger partial charge in [0.2, 0.25) is 5.78 Å². The van der Waals surface area contributed by atoms with Gasteiger partial charge < -0.3 is 18.9 Å². The molecule has 0 fully saturated rings. The molecule has 0 atom stereocenters. The number of ketones is 1. The van der Waals surface area contributed by atoms with Gasteiger partial charge in [0.1, 0.15) is 11.4 Å². The molecule has 29 heavy (non-hydrogen) atoms. The van der Waals surface area contributed by atoms with Gasteiger partial charge >= 0.3 is 5.97 Å². The molecule has 3 rings (SSSR count). The lowest BCUT2D eigenvalue weighted by atomic mass is 9.99. The molecule has 7 nitrogen and oxygen atoms in total. The zero-order chi connectivity index (χ0) is 21.0. The zero-order valence-corrected chi connectivity index (χ0v) is 16.6. The molecule has 0 unspecified atom stereocenters. The number of ether oxygens (including phenoxy) is 4. The molecule has 2 aromatic carbocycles. The number of methoxy groups -OCH3 is 3. The number of benzene rings is 2. The number of carbonyl (C=O) groups excluding carboxylic acids is 2. The molecule has 1 heterocycles. The molecule has 3 aromatic rings. The monoisotopic (exact) mass is 395 g/mol. The normalized spacial score (nSPS) is 10.5. The Hall–Kier alpha value is -3.61. The Morgan fingerprint density at radius 3 is 2.24 bits per heavy atom. The van der Waals surface area contributed by atoms with E-state index in [1.54, 1.807) is 43.3 Å². The Morgan fingerprint density at radius 2 is 1.62 bits per heavy atom. The van der Waals surface area contributed by atoms with Gasteiger partial charge in [0, 0.05) is 22.5 Å². The summed E-state index contributed by atoms with van der Waals surface area (Å²) in [5.74, 6) is 0.565. The summed E-state index contributed by atoms with van der Waals surface area (Å²) in [4.78, 5) is 29.9. The molecule has 0 amide bonds. The van der Waals surface area contributed by atoms with Crippen molar-refractivity contribution in [2.24, 2.45) is 0 Å². The largest absolute Gasteiger partial charge is 0.497 e. The molecule has 0 radical (unpaired) electrons. The highest BCUT2D eigenvalue weighted by molar-refractivity contribution is 6.18. The highest BCUT2D eigenvalue weighted by Gasteiger charge is 2.22. The highest BCUT2D eigenvalue weighted by Crippen LogP contribution is 2.35. The number of hydrogen-bond donors (Lipinski definition) is 0. The van der Waals surface area contributed by atoms with E-state index in [1.807, 2.05) is 0 Å². The van der Waals surface area contributed by atoms with Gasteiger partial charge in [-0.3, -0.25) is 9.78 Å². The first-order chi connectivity index (χ1) is 14.0. The molecular weight excluding hydrogens is 374 g/mol. The van der Waals surface area contributed by atoms with Gasteiger partial charge in [-0.1, -0.05) is 12.1 Å². The second kappa shape index (κ2) is 8.60. The number of nitrogens with zero attached hydrogens (tertiary/aromatic N) is 1. The number of hydrogen-bond acceptors (Lipinski definition) is 7. The van der Waals surface area contributed by atoms with Crippen LogP contribution in [0.25, 0.3) is 10.8 Å². The first-order valence-electron chi connectivity index (χ1n) is 8.94. The van der Waals surface area contributed by atoms with Crippen molar-refractivity contribution in [3.8, 4) is 17.2 Å². The van der Waals surface area contributed by atoms with Crippen LogP contribution in [-0.2, 0) is 4.74 Å². The first kappa shape index (κ1) is 20.1. The van der Waals surface area contributed by atoms with Crippen molar-refractivity contribution in [1.29, 1.82) is 0 Å². The van der Waals surface area contributed by atoms with Crippen LogP contribution in [0.4, 0.5) is 0 Å². The fourth-order valence-electron chi connectivity index (χ4n) is 3.02. The van der Waals surface area contributed by atoms with Crippen molar-refractivity contribution in [2.45, 2.75) is 6.92 Å². The van der Waals surface area contributed by atoms with Gasteiger partial charge in [-0.2, -0.15) is 0 Å². The minimum Gasteiger partial charge on any atom is -0.497 e. The number of carbonyl (C=O) groups is 2. The van der Waals surface area contributed by atoms with Crippen LogP contribution in [0.15, 0.2) is 42.6 Å². The fraction of sp³-hybridized carbons (Fsp3) is 0.227. The Bertz CT molecular complexity index is 1080. The van der Waals surface area contributed by atoms with E-state index in [1.165, 1.54) is 27.5 Å². The summed E-state index contributed by atoms with van der Waals surface area (Å²) in [7, 11) is 4.52. The number of esters is 1. The average molecular weight is 395 g/mol. The van der Waals surface area contributed by atoms with Crippen LogP contribution in [0.2, 0.25) is 0 Å². The average Bonchev–Trinajstić information content (AvgIpc) is 2.76. The van der Waals surface area contributed by atoms with E-state index >= 15 is 0 Å². The summed E-state index contributed by atoms with van der Waals surface area (Å²) in [6, 6.07) is 10.1. The Kier molecular flexibility index (Phi) is 5.97. The smallest absolute Gasteiger partial charge is 0.340 e. The molecule has 0 spiro atoms. The third-order valence-electron chi connectivity index (χ3n) is 4.43. The van der Waals surface area contributed by atoms with Crippen molar-refractivity contribution in [3.05, 3.63) is 59.4 Å². The van der Waals surface area contributed by atoms with Crippen LogP contribution in [0.1, 0.15) is 33.3 Å². The Morgan fingerprint density at radius 1 is 0.931 bits per heavy atom. The van der Waals surface area contributed by atoms with Crippen LogP contribution >= 0.6 is 0 Å². The van der Waals surface area contributed by atoms with Gasteiger partial charge in [0.15, 0.2) is 11.5 Å². The summed E-state index contributed by atoms with van der Waals surface area (Å²) >= 11 is 0. The van der Waals surface area contributed by atoms with Gasteiger partial charge in [-0.05, 0) is 31.2 Å². The minimum atomic E-state index is -0.530. The number of rotatable bonds is 7. The Balaban J connectivity index is 2.25. The molecule has 1 aromatic heterocycles. The van der Waals surface area contributed by atoms with Gasteiger partial charge in [0.05, 0.1) is 33.5 Å². The molecule has 150 valence electrons. The maximum absolute atomic E-state index is 13.2. The van der Waals surface area contributed by atoms with E-state index in [9.17, 15) is 9.59 Å². The van der Waals surface area contributed by atoms with E-state index in [-0.39, 0.29) is 23.6 Å². The first-order valence-corrected chi connectivity index (χ1v) is 8.94. The van der Waals surface area contributed by atoms with Crippen LogP contribution in [0.3, 0.4) is 0 Å². The van der Waals surface area contributed by atoms with E-state index in [4.69, 9.17) is 18.9 Å². The van der Waals surface area contributed by atoms with Gasteiger partial charge in [-0.15, -0.1) is 0 Å². The summed E-state index contributed by atoms with van der Waals surface area (Å²) in [5, 5.41) is 0.948. The maximum Gasteiger partial charge on any atom is 0.340 e. The molecule has 0 saturated carbocycles. The molecule has 0 saturated heterocycles. The predicted molar refractivity (Wildman–Crippen MR) is 107 cm³/mol. The highest BCUT2D eigenvalue weighted by atomic mass is 16.5. The van der Waals surface area contributed by atoms with Crippen LogP contribution in [0, 0.1) is 0 Å². The van der Waals surface area contributed by atoms with Crippen LogP contribution in [0.5, 0.6) is 17.2 Å². The van der Waals surface area contributed by atoms with E-state index in [0.29, 0.717) is 33.6 Å². The van der Waals surface area contributed by atoms with E-state index in [2.05, 4.69) is 4.98 Å². The molecule has 0 N–H and O–H groups in total. The van der Waals surface area contributed by atoms with E-state index < -0.39 is 5.97 Å². The van der Waals surface area contributed by atoms with Crippen molar-refractivity contribution >= 4 is 22.5 Å². The van der Waals surface area contributed by atoms with Crippen molar-refractivity contribution in [1.82, 2.24) is 4.98 Å². The maximum atomic E-state index is 13.2. The molecule has 0 aliphatic rings. The molecule has 0 aliphatic carbocycles. The lowest BCUT2D eigenvalue weighted by Gasteiger charge is -2.14. The number of pyridine rings is 1. The third-order valence-corrected chi connectivity index (χ3v) is 4.43. The summed E-state index contributed by atoms with van der Waals surface area (Å²) in [6.07, 6.45) is 1.35. The lowest BCUT2D eigenvalue weighted by Crippen LogP contribution is -2.11. The summed E-state index contributed by atoms with van der Waals surface area (Å²) < 4.78 is 21.1. The summed E-state index contributed by atoms with van der Waals surface area (Å²) in [6.45, 7) is 1.94. The number of aromatic nitrogens is 1. The fourth-order valence-corrected chi connectivity index (χ4v) is 3.02. The second-order valence-corrected chi connectivity index (χ2v) is 6.05. The van der Waals surface area contributed by atoms with Crippen LogP contribution < -0.4 is 14.2 Å². The molecule has 7 heteroatoms.